The fourth-order valence-corrected chi connectivity index (χ4v) is 2.81. The van der Waals surface area contributed by atoms with Crippen LogP contribution < -0.4 is 15.8 Å². The van der Waals surface area contributed by atoms with Crippen LogP contribution in [0, 0.1) is 5.92 Å². The standard InChI is InChI=1S/C18H21N3O2/c1-13(2)15-11-21(16-8-4-3-7-14(16)19-15)18(23)12-20-10-6-5-9-17(20)22/h3-10,13,15,19H,11-12H2,1-2H3. The second kappa shape index (κ2) is 6.28. The van der Waals surface area contributed by atoms with Crippen LogP contribution in [-0.2, 0) is 11.3 Å². The van der Waals surface area contributed by atoms with Crippen molar-refractivity contribution < 1.29 is 4.79 Å². The second-order valence-corrected chi connectivity index (χ2v) is 6.18. The molecule has 2 aromatic rings. The van der Waals surface area contributed by atoms with E-state index in [9.17, 15) is 9.59 Å². The summed E-state index contributed by atoms with van der Waals surface area (Å²) in [5, 5.41) is 3.49. The minimum Gasteiger partial charge on any atom is -0.379 e. The zero-order chi connectivity index (χ0) is 16.4. The predicted molar refractivity (Wildman–Crippen MR) is 91.7 cm³/mol. The third-order valence-corrected chi connectivity index (χ3v) is 4.23. The van der Waals surface area contributed by atoms with E-state index in [1.807, 2.05) is 24.3 Å². The second-order valence-electron chi connectivity index (χ2n) is 6.18. The van der Waals surface area contributed by atoms with Gasteiger partial charge in [0.1, 0.15) is 6.54 Å². The highest BCUT2D eigenvalue weighted by Crippen LogP contribution is 2.32. The van der Waals surface area contributed by atoms with Gasteiger partial charge in [0.25, 0.3) is 5.56 Å². The van der Waals surface area contributed by atoms with Crippen molar-refractivity contribution >= 4 is 17.3 Å². The summed E-state index contributed by atoms with van der Waals surface area (Å²) in [6.45, 7) is 4.93. The van der Waals surface area contributed by atoms with Crippen LogP contribution in [0.3, 0.4) is 0 Å². The summed E-state index contributed by atoms with van der Waals surface area (Å²) >= 11 is 0. The van der Waals surface area contributed by atoms with Gasteiger partial charge in [-0.2, -0.15) is 0 Å². The number of amides is 1. The fraction of sp³-hybridized carbons (Fsp3) is 0.333. The van der Waals surface area contributed by atoms with Gasteiger partial charge >= 0.3 is 0 Å². The van der Waals surface area contributed by atoms with Crippen LogP contribution in [-0.4, -0.2) is 23.1 Å². The first-order valence-corrected chi connectivity index (χ1v) is 7.87. The number of fused-ring (bicyclic) bond motifs is 1. The molecule has 0 saturated carbocycles. The van der Waals surface area contributed by atoms with Gasteiger partial charge in [-0.15, -0.1) is 0 Å². The molecule has 0 aliphatic carbocycles. The zero-order valence-corrected chi connectivity index (χ0v) is 13.4. The normalized spacial score (nSPS) is 16.8. The van der Waals surface area contributed by atoms with E-state index >= 15 is 0 Å². The lowest BCUT2D eigenvalue weighted by molar-refractivity contribution is -0.119. The van der Waals surface area contributed by atoms with E-state index in [0.29, 0.717) is 12.5 Å². The zero-order valence-electron chi connectivity index (χ0n) is 13.4. The maximum Gasteiger partial charge on any atom is 0.250 e. The molecule has 1 aromatic heterocycles. The summed E-state index contributed by atoms with van der Waals surface area (Å²) in [6.07, 6.45) is 1.65. The molecule has 2 heterocycles. The van der Waals surface area contributed by atoms with E-state index in [2.05, 4.69) is 19.2 Å². The Labute approximate surface area is 135 Å². The van der Waals surface area contributed by atoms with E-state index in [1.165, 1.54) is 10.6 Å². The molecular formula is C18H21N3O2. The molecule has 0 saturated heterocycles. The molecule has 1 aromatic carbocycles. The number of pyridine rings is 1. The molecule has 1 N–H and O–H groups in total. The van der Waals surface area contributed by atoms with Crippen LogP contribution in [0.1, 0.15) is 13.8 Å². The third kappa shape index (κ3) is 3.13. The maximum absolute atomic E-state index is 12.8. The monoisotopic (exact) mass is 311 g/mol. The molecule has 1 amide bonds. The van der Waals surface area contributed by atoms with Gasteiger partial charge in [0.05, 0.1) is 11.4 Å². The lowest BCUT2D eigenvalue weighted by Gasteiger charge is -2.37. The van der Waals surface area contributed by atoms with Gasteiger partial charge in [0, 0.05) is 24.8 Å². The number of nitrogens with one attached hydrogen (secondary N) is 1. The van der Waals surface area contributed by atoms with Crippen LogP contribution in [0.4, 0.5) is 11.4 Å². The fourth-order valence-electron chi connectivity index (χ4n) is 2.81. The van der Waals surface area contributed by atoms with E-state index in [1.54, 1.807) is 23.2 Å². The summed E-state index contributed by atoms with van der Waals surface area (Å²) in [6, 6.07) is 12.9. The summed E-state index contributed by atoms with van der Waals surface area (Å²) < 4.78 is 1.44. The van der Waals surface area contributed by atoms with Crippen molar-refractivity contribution in [1.82, 2.24) is 4.57 Å². The highest BCUT2D eigenvalue weighted by Gasteiger charge is 2.29. The lowest BCUT2D eigenvalue weighted by Crippen LogP contribution is -2.48. The summed E-state index contributed by atoms with van der Waals surface area (Å²) in [4.78, 5) is 26.4. The molecule has 5 heteroatoms. The van der Waals surface area contributed by atoms with Crippen molar-refractivity contribution in [2.24, 2.45) is 5.92 Å². The quantitative estimate of drug-likeness (QED) is 0.946. The maximum atomic E-state index is 12.8. The van der Waals surface area contributed by atoms with Gasteiger partial charge < -0.3 is 14.8 Å². The average Bonchev–Trinajstić information content (AvgIpc) is 2.55. The van der Waals surface area contributed by atoms with Crippen molar-refractivity contribution in [2.75, 3.05) is 16.8 Å². The van der Waals surface area contributed by atoms with Gasteiger partial charge in [-0.3, -0.25) is 9.59 Å². The topological polar surface area (TPSA) is 54.3 Å². The molecule has 1 atom stereocenters. The number of nitrogens with zero attached hydrogens (tertiary/aromatic N) is 2. The van der Waals surface area contributed by atoms with Gasteiger partial charge in [-0.25, -0.2) is 0 Å². The Morgan fingerprint density at radius 3 is 2.70 bits per heavy atom. The SMILES string of the molecule is CC(C)C1CN(C(=O)Cn2ccccc2=O)c2ccccc2N1. The number of para-hydroxylation sites is 2. The van der Waals surface area contributed by atoms with Crippen LogP contribution in [0.2, 0.25) is 0 Å². The van der Waals surface area contributed by atoms with Gasteiger partial charge in [-0.1, -0.05) is 32.0 Å². The molecule has 1 aliphatic rings. The number of aromatic nitrogens is 1. The van der Waals surface area contributed by atoms with Crippen LogP contribution in [0.5, 0.6) is 0 Å². The summed E-state index contributed by atoms with van der Waals surface area (Å²) in [5.41, 5.74) is 1.68. The molecule has 0 spiro atoms. The Morgan fingerprint density at radius 1 is 1.22 bits per heavy atom. The third-order valence-electron chi connectivity index (χ3n) is 4.23. The molecule has 23 heavy (non-hydrogen) atoms. The van der Waals surface area contributed by atoms with E-state index in [0.717, 1.165) is 11.4 Å². The Morgan fingerprint density at radius 2 is 1.96 bits per heavy atom. The minimum atomic E-state index is -0.162. The number of carbonyl (C=O) groups is 1. The van der Waals surface area contributed by atoms with Crippen LogP contribution in [0.25, 0.3) is 0 Å². The molecular weight excluding hydrogens is 290 g/mol. The highest BCUT2D eigenvalue weighted by atomic mass is 16.2. The van der Waals surface area contributed by atoms with Crippen molar-refractivity contribution in [1.29, 1.82) is 0 Å². The molecule has 0 fully saturated rings. The van der Waals surface area contributed by atoms with Crippen molar-refractivity contribution in [3.05, 3.63) is 59.0 Å². The van der Waals surface area contributed by atoms with Gasteiger partial charge in [0.15, 0.2) is 0 Å². The average molecular weight is 311 g/mol. The molecule has 3 rings (SSSR count). The first-order valence-electron chi connectivity index (χ1n) is 7.87. The van der Waals surface area contributed by atoms with Crippen LogP contribution in [0.15, 0.2) is 53.5 Å². The van der Waals surface area contributed by atoms with Crippen molar-refractivity contribution in [3.63, 3.8) is 0 Å². The van der Waals surface area contributed by atoms with E-state index in [-0.39, 0.29) is 24.1 Å². The molecule has 120 valence electrons. The van der Waals surface area contributed by atoms with E-state index < -0.39 is 0 Å². The number of rotatable bonds is 3. The first kappa shape index (κ1) is 15.3. The summed E-state index contributed by atoms with van der Waals surface area (Å²) in [5.74, 6) is 0.330. The number of benzene rings is 1. The van der Waals surface area contributed by atoms with Gasteiger partial charge in [-0.05, 0) is 24.1 Å². The molecule has 5 nitrogen and oxygen atoms in total. The molecule has 0 radical (unpaired) electrons. The van der Waals surface area contributed by atoms with Gasteiger partial charge in [0.2, 0.25) is 5.91 Å². The van der Waals surface area contributed by atoms with Crippen LogP contribution >= 0.6 is 0 Å². The predicted octanol–water partition coefficient (Wildman–Crippen LogP) is 2.33. The molecule has 1 unspecified atom stereocenters. The highest BCUT2D eigenvalue weighted by molar-refractivity contribution is 5.97. The Kier molecular flexibility index (Phi) is 4.19. The smallest absolute Gasteiger partial charge is 0.250 e. The number of hydrogen-bond donors (Lipinski definition) is 1. The van der Waals surface area contributed by atoms with Crippen molar-refractivity contribution in [2.45, 2.75) is 26.4 Å². The molecule has 0 bridgehead atoms. The molecule has 1 aliphatic heterocycles. The summed E-state index contributed by atoms with van der Waals surface area (Å²) in [7, 11) is 0. The number of carbonyl (C=O) groups excluding carboxylic acids is 1. The number of anilines is 2. The van der Waals surface area contributed by atoms with E-state index in [4.69, 9.17) is 0 Å². The largest absolute Gasteiger partial charge is 0.379 e. The first-order chi connectivity index (χ1) is 11.1. The lowest BCUT2D eigenvalue weighted by atomic mass is 10.00. The minimum absolute atomic E-state index is 0.0544. The van der Waals surface area contributed by atoms with Crippen molar-refractivity contribution in [3.8, 4) is 0 Å². The Bertz CT molecular complexity index is 767. The number of hydrogen-bond acceptors (Lipinski definition) is 3. The Balaban J connectivity index is 1.90. The Hall–Kier alpha value is -2.56.